The van der Waals surface area contributed by atoms with Gasteiger partial charge < -0.3 is 28.3 Å². The Hall–Kier alpha value is -4.36. The van der Waals surface area contributed by atoms with Crippen LogP contribution in [0.4, 0.5) is 0 Å². The Kier molecular flexibility index (Phi) is 12.0. The lowest BCUT2D eigenvalue weighted by Gasteiger charge is -2.37. The average Bonchev–Trinajstić information content (AvgIpc) is 3.41. The second kappa shape index (κ2) is 16.4. The molecule has 55 heavy (non-hydrogen) atoms. The van der Waals surface area contributed by atoms with Gasteiger partial charge in [0.2, 0.25) is 0 Å². The zero-order chi connectivity index (χ0) is 39.4. The summed E-state index contributed by atoms with van der Waals surface area (Å²) in [6.45, 7) is 9.28. The maximum Gasteiger partial charge on any atom is 0.494 e. The number of aryl methyl sites for hydroxylation is 1. The molecule has 0 N–H and O–H groups in total. The molecule has 0 aliphatic carbocycles. The highest BCUT2D eigenvalue weighted by Crippen LogP contribution is 2.42. The van der Waals surface area contributed by atoms with Gasteiger partial charge in [0.1, 0.15) is 35.6 Å². The van der Waals surface area contributed by atoms with Gasteiger partial charge in [0.15, 0.2) is 0 Å². The van der Waals surface area contributed by atoms with Crippen molar-refractivity contribution >= 4 is 34.3 Å². The van der Waals surface area contributed by atoms with E-state index in [9.17, 15) is 8.42 Å². The highest BCUT2D eigenvalue weighted by Gasteiger charge is 2.51. The fourth-order valence-electron chi connectivity index (χ4n) is 6.26. The van der Waals surface area contributed by atoms with Crippen LogP contribution in [-0.4, -0.2) is 60.3 Å². The number of halogens is 1. The Balaban J connectivity index is 1.38. The first kappa shape index (κ1) is 40.3. The minimum atomic E-state index is -4.17. The Bertz CT molecular complexity index is 2100. The van der Waals surface area contributed by atoms with Crippen LogP contribution < -0.4 is 19.7 Å². The van der Waals surface area contributed by atoms with E-state index < -0.39 is 40.1 Å². The minimum Gasteiger partial charge on any atom is -0.497 e. The Labute approximate surface area is 329 Å². The molecule has 0 aromatic heterocycles. The number of benzene rings is 5. The van der Waals surface area contributed by atoms with E-state index in [2.05, 4.69) is 0 Å². The molecule has 0 spiro atoms. The zero-order valence-electron chi connectivity index (χ0n) is 32.1. The third kappa shape index (κ3) is 8.73. The van der Waals surface area contributed by atoms with E-state index in [-0.39, 0.29) is 23.1 Å². The largest absolute Gasteiger partial charge is 0.497 e. The summed E-state index contributed by atoms with van der Waals surface area (Å²) in [6.07, 6.45) is -0.972. The number of ether oxygens (including phenoxy) is 4. The Morgan fingerprint density at radius 1 is 0.709 bits per heavy atom. The molecule has 5 aromatic rings. The lowest BCUT2D eigenvalue weighted by molar-refractivity contribution is -0.0405. The summed E-state index contributed by atoms with van der Waals surface area (Å²) in [5, 5.41) is 0.276. The maximum atomic E-state index is 13.5. The van der Waals surface area contributed by atoms with E-state index in [1.165, 1.54) is 12.1 Å². The maximum absolute atomic E-state index is 13.5. The van der Waals surface area contributed by atoms with E-state index in [1.54, 1.807) is 38.5 Å². The monoisotopic (exact) mass is 784 g/mol. The van der Waals surface area contributed by atoms with Gasteiger partial charge in [-0.25, -0.2) is 0 Å². The van der Waals surface area contributed by atoms with Crippen molar-refractivity contribution in [3.8, 4) is 17.2 Å². The van der Waals surface area contributed by atoms with E-state index in [4.69, 9.17) is 44.0 Å². The smallest absolute Gasteiger partial charge is 0.494 e. The molecule has 12 heteroatoms. The van der Waals surface area contributed by atoms with Gasteiger partial charge in [-0.3, -0.25) is 4.18 Å². The molecule has 9 nitrogen and oxygen atoms in total. The van der Waals surface area contributed by atoms with Crippen LogP contribution >= 0.6 is 11.6 Å². The molecule has 5 aromatic carbocycles. The fourth-order valence-corrected chi connectivity index (χ4v) is 7.43. The van der Waals surface area contributed by atoms with Gasteiger partial charge in [-0.15, -0.1) is 0 Å². The Morgan fingerprint density at radius 2 is 1.24 bits per heavy atom. The highest BCUT2D eigenvalue weighted by atomic mass is 35.5. The summed E-state index contributed by atoms with van der Waals surface area (Å²) in [7, 11) is -1.59. The van der Waals surface area contributed by atoms with Gasteiger partial charge in [-0.2, -0.15) is 8.42 Å². The number of methoxy groups -OCH3 is 2. The summed E-state index contributed by atoms with van der Waals surface area (Å²) in [4.78, 5) is 0.0256. The van der Waals surface area contributed by atoms with Crippen LogP contribution in [0.1, 0.15) is 49.9 Å². The average molecular weight is 785 g/mol. The Morgan fingerprint density at radius 3 is 1.75 bits per heavy atom. The van der Waals surface area contributed by atoms with Gasteiger partial charge in [-0.1, -0.05) is 90.0 Å². The molecule has 1 aliphatic rings. The molecule has 1 fully saturated rings. The van der Waals surface area contributed by atoms with Gasteiger partial charge in [0.25, 0.3) is 10.1 Å². The summed E-state index contributed by atoms with van der Waals surface area (Å²) < 4.78 is 69.6. The van der Waals surface area contributed by atoms with Gasteiger partial charge in [-0.05, 0) is 105 Å². The summed E-state index contributed by atoms with van der Waals surface area (Å²) in [5.41, 5.74) is 1.75. The molecule has 0 bridgehead atoms. The standard InChI is InChI=1S/C43H46BClO9S/c1-30-13-24-38(25-14-30)55(46,47)51-29-37(52-40-26-19-34(27-39(40)45)44-53-41(2,3)42(4,5)54-44)28-50-43(31-11-9-8-10-12-31,32-15-20-35(48-6)21-16-32)33-17-22-36(49-7)23-18-33/h8-27,37H,28-29H2,1-7H3. The van der Waals surface area contributed by atoms with Crippen LogP contribution in [0.25, 0.3) is 0 Å². The molecule has 0 saturated carbocycles. The van der Waals surface area contributed by atoms with E-state index >= 15 is 0 Å². The molecular formula is C43H46BClO9S. The van der Waals surface area contributed by atoms with Crippen LogP contribution in [0.3, 0.4) is 0 Å². The van der Waals surface area contributed by atoms with Gasteiger partial charge >= 0.3 is 7.12 Å². The summed E-state index contributed by atoms with van der Waals surface area (Å²) in [5.74, 6) is 1.65. The van der Waals surface area contributed by atoms with E-state index in [1.807, 2.05) is 120 Å². The van der Waals surface area contributed by atoms with Crippen molar-refractivity contribution < 1.29 is 40.9 Å². The highest BCUT2D eigenvalue weighted by molar-refractivity contribution is 7.86. The summed E-state index contributed by atoms with van der Waals surface area (Å²) in [6, 6.07) is 36.7. The number of hydrogen-bond acceptors (Lipinski definition) is 9. The van der Waals surface area contributed by atoms with Crippen LogP contribution in [0, 0.1) is 6.92 Å². The second-order valence-corrected chi connectivity index (χ2v) is 16.4. The van der Waals surface area contributed by atoms with Crippen molar-refractivity contribution in [2.24, 2.45) is 0 Å². The first-order valence-electron chi connectivity index (χ1n) is 17.9. The first-order valence-corrected chi connectivity index (χ1v) is 19.7. The predicted octanol–water partition coefficient (Wildman–Crippen LogP) is 8.13. The van der Waals surface area contributed by atoms with E-state index in [0.717, 1.165) is 22.3 Å². The van der Waals surface area contributed by atoms with Crippen molar-refractivity contribution in [2.75, 3.05) is 27.4 Å². The minimum absolute atomic E-state index is 0.0256. The van der Waals surface area contributed by atoms with Crippen molar-refractivity contribution in [2.45, 2.75) is 62.4 Å². The second-order valence-electron chi connectivity index (χ2n) is 14.4. The lowest BCUT2D eigenvalue weighted by Crippen LogP contribution is -2.41. The van der Waals surface area contributed by atoms with Gasteiger partial charge in [0, 0.05) is 0 Å². The van der Waals surface area contributed by atoms with Crippen LogP contribution in [-0.2, 0) is 33.9 Å². The fraction of sp³-hybridized carbons (Fsp3) is 0.302. The summed E-state index contributed by atoms with van der Waals surface area (Å²) >= 11 is 6.87. The molecule has 0 amide bonds. The third-order valence-electron chi connectivity index (χ3n) is 10.2. The number of hydrogen-bond donors (Lipinski definition) is 0. The van der Waals surface area contributed by atoms with E-state index in [0.29, 0.717) is 22.7 Å². The van der Waals surface area contributed by atoms with Gasteiger partial charge in [0.05, 0.1) is 41.9 Å². The predicted molar refractivity (Wildman–Crippen MR) is 214 cm³/mol. The van der Waals surface area contributed by atoms with Crippen molar-refractivity contribution in [3.63, 3.8) is 0 Å². The molecular weight excluding hydrogens is 739 g/mol. The van der Waals surface area contributed by atoms with Crippen molar-refractivity contribution in [1.82, 2.24) is 0 Å². The van der Waals surface area contributed by atoms with Crippen molar-refractivity contribution in [1.29, 1.82) is 0 Å². The van der Waals surface area contributed by atoms with Crippen LogP contribution in [0.15, 0.2) is 126 Å². The first-order chi connectivity index (χ1) is 26.2. The molecule has 1 atom stereocenters. The SMILES string of the molecule is COc1ccc(C(OCC(COS(=O)(=O)c2ccc(C)cc2)Oc2ccc(B3OC(C)(C)C(C)(C)O3)cc2Cl)(c2ccccc2)c2ccc(OC)cc2)cc1. The molecule has 1 heterocycles. The molecule has 1 unspecified atom stereocenters. The third-order valence-corrected chi connectivity index (χ3v) is 11.7. The normalized spacial score (nSPS) is 15.7. The molecule has 1 saturated heterocycles. The zero-order valence-corrected chi connectivity index (χ0v) is 33.6. The quantitative estimate of drug-likeness (QED) is 0.0592. The van der Waals surface area contributed by atoms with Crippen LogP contribution in [0.5, 0.6) is 17.2 Å². The van der Waals surface area contributed by atoms with Crippen molar-refractivity contribution in [3.05, 3.63) is 149 Å². The number of rotatable bonds is 15. The molecule has 288 valence electrons. The lowest BCUT2D eigenvalue weighted by atomic mass is 9.79. The molecule has 0 radical (unpaired) electrons. The molecule has 6 rings (SSSR count). The topological polar surface area (TPSA) is 98.8 Å². The molecule has 1 aliphatic heterocycles. The van der Waals surface area contributed by atoms with Crippen LogP contribution in [0.2, 0.25) is 5.02 Å².